The van der Waals surface area contributed by atoms with Gasteiger partial charge in [0.25, 0.3) is 0 Å². The Morgan fingerprint density at radius 1 is 0.964 bits per heavy atom. The van der Waals surface area contributed by atoms with Gasteiger partial charge in [-0.1, -0.05) is 54.8 Å². The summed E-state index contributed by atoms with van der Waals surface area (Å²) in [6.45, 7) is 0. The molecule has 1 N–H and O–H groups in total. The predicted octanol–water partition coefficient (Wildman–Crippen LogP) is 5.37. The van der Waals surface area contributed by atoms with Crippen molar-refractivity contribution in [1.82, 2.24) is 9.97 Å². The molecule has 0 unspecified atom stereocenters. The lowest BCUT2D eigenvalue weighted by atomic mass is 9.78. The molecule has 142 valence electrons. The molecule has 3 aromatic rings. The second-order valence-electron chi connectivity index (χ2n) is 6.92. The Labute approximate surface area is 168 Å². The zero-order valence-corrected chi connectivity index (χ0v) is 16.0. The maximum atomic E-state index is 13.2. The third kappa shape index (κ3) is 3.85. The summed E-state index contributed by atoms with van der Waals surface area (Å²) in [5.41, 5.74) is 1.01. The fraction of sp³-hybridized carbons (Fsp3) is 0.227. The van der Waals surface area contributed by atoms with Crippen LogP contribution in [0.2, 0.25) is 5.02 Å². The summed E-state index contributed by atoms with van der Waals surface area (Å²) < 4.78 is 5.59. The number of ether oxygens (including phenoxy) is 1. The highest BCUT2D eigenvalue weighted by atomic mass is 35.5. The van der Waals surface area contributed by atoms with Crippen LogP contribution in [0, 0.1) is 0 Å². The number of nitrogens with one attached hydrogen (secondary N) is 1. The van der Waals surface area contributed by atoms with Gasteiger partial charge in [-0.2, -0.15) is 0 Å². The number of nitrogens with zero attached hydrogens (tertiary/aromatic N) is 2. The monoisotopic (exact) mass is 393 g/mol. The first kappa shape index (κ1) is 18.4. The van der Waals surface area contributed by atoms with Gasteiger partial charge >= 0.3 is 6.01 Å². The van der Waals surface area contributed by atoms with Gasteiger partial charge in [0.1, 0.15) is 5.75 Å². The van der Waals surface area contributed by atoms with Gasteiger partial charge in [-0.05, 0) is 42.7 Å². The van der Waals surface area contributed by atoms with E-state index in [4.69, 9.17) is 16.3 Å². The third-order valence-electron chi connectivity index (χ3n) is 5.13. The highest BCUT2D eigenvalue weighted by molar-refractivity contribution is 6.30. The minimum Gasteiger partial charge on any atom is -0.424 e. The summed E-state index contributed by atoms with van der Waals surface area (Å²) in [6, 6.07) is 17.1. The molecule has 6 heteroatoms. The minimum atomic E-state index is -0.538. The minimum absolute atomic E-state index is 0.0346. The van der Waals surface area contributed by atoms with Crippen molar-refractivity contribution >= 4 is 23.2 Å². The van der Waals surface area contributed by atoms with Gasteiger partial charge in [0.05, 0.1) is 23.5 Å². The molecular weight excluding hydrogens is 374 g/mol. The molecule has 0 saturated heterocycles. The first-order chi connectivity index (χ1) is 13.7. The van der Waals surface area contributed by atoms with Crippen LogP contribution in [0.4, 0.5) is 5.69 Å². The van der Waals surface area contributed by atoms with E-state index in [0.29, 0.717) is 16.5 Å². The molecule has 0 radical (unpaired) electrons. The molecule has 0 bridgehead atoms. The standard InChI is InChI=1S/C22H20ClN3O2/c23-17-10-8-16(9-11-17)22(12-4-5-13-22)20(27)26-18-14-24-21(25-15-18)28-19-6-2-1-3-7-19/h1-3,6-11,14-15H,4-5,12-13H2,(H,26,27). The van der Waals surface area contributed by atoms with E-state index in [1.807, 2.05) is 54.6 Å². The molecule has 1 aliphatic rings. The second-order valence-corrected chi connectivity index (χ2v) is 7.36. The van der Waals surface area contributed by atoms with Crippen molar-refractivity contribution in [2.75, 3.05) is 5.32 Å². The number of halogens is 1. The van der Waals surface area contributed by atoms with Crippen LogP contribution in [0.3, 0.4) is 0 Å². The lowest BCUT2D eigenvalue weighted by Crippen LogP contribution is -2.38. The summed E-state index contributed by atoms with van der Waals surface area (Å²) in [7, 11) is 0. The summed E-state index contributed by atoms with van der Waals surface area (Å²) in [5, 5.41) is 3.64. The normalized spacial score (nSPS) is 15.2. The van der Waals surface area contributed by atoms with Gasteiger partial charge in [-0.25, -0.2) is 9.97 Å². The molecule has 1 fully saturated rings. The Bertz CT molecular complexity index is 938. The zero-order valence-electron chi connectivity index (χ0n) is 15.3. The molecule has 2 aromatic carbocycles. The van der Waals surface area contributed by atoms with Crippen molar-refractivity contribution in [2.24, 2.45) is 0 Å². The molecule has 0 atom stereocenters. The fourth-order valence-electron chi connectivity index (χ4n) is 3.67. The second kappa shape index (κ2) is 7.98. The smallest absolute Gasteiger partial charge is 0.322 e. The van der Waals surface area contributed by atoms with Crippen molar-refractivity contribution < 1.29 is 9.53 Å². The molecule has 5 nitrogen and oxygen atoms in total. The molecule has 4 rings (SSSR count). The number of carbonyl (C=O) groups is 1. The zero-order chi connectivity index (χ0) is 19.4. The number of rotatable bonds is 5. The van der Waals surface area contributed by atoms with E-state index in [9.17, 15) is 4.79 Å². The molecule has 1 aliphatic carbocycles. The third-order valence-corrected chi connectivity index (χ3v) is 5.38. The summed E-state index contributed by atoms with van der Waals surface area (Å²) in [5.74, 6) is 0.625. The quantitative estimate of drug-likeness (QED) is 0.632. The molecule has 28 heavy (non-hydrogen) atoms. The highest BCUT2D eigenvalue weighted by Crippen LogP contribution is 2.42. The van der Waals surface area contributed by atoms with E-state index >= 15 is 0 Å². The van der Waals surface area contributed by atoms with Crippen molar-refractivity contribution in [3.8, 4) is 11.8 Å². The molecule has 1 aromatic heterocycles. The summed E-state index contributed by atoms with van der Waals surface area (Å²) >= 11 is 6.02. The Morgan fingerprint density at radius 2 is 1.61 bits per heavy atom. The molecule has 1 amide bonds. The van der Waals surface area contributed by atoms with Crippen LogP contribution in [0.1, 0.15) is 31.2 Å². The SMILES string of the molecule is O=C(Nc1cnc(Oc2ccccc2)nc1)C1(c2ccc(Cl)cc2)CCCC1. The van der Waals surface area contributed by atoms with Crippen LogP contribution >= 0.6 is 11.6 Å². The lowest BCUT2D eigenvalue weighted by molar-refractivity contribution is -0.121. The number of carbonyl (C=O) groups excluding carboxylic acids is 1. The number of benzene rings is 2. The summed E-state index contributed by atoms with van der Waals surface area (Å²) in [4.78, 5) is 21.6. The Balaban J connectivity index is 1.49. The Morgan fingerprint density at radius 3 is 2.25 bits per heavy atom. The first-order valence-corrected chi connectivity index (χ1v) is 9.66. The molecule has 0 aliphatic heterocycles. The van der Waals surface area contributed by atoms with Crippen LogP contribution in [0.25, 0.3) is 0 Å². The Hall–Kier alpha value is -2.92. The van der Waals surface area contributed by atoms with Crippen molar-refractivity contribution in [3.05, 3.63) is 77.6 Å². The van der Waals surface area contributed by atoms with E-state index in [0.717, 1.165) is 31.2 Å². The summed E-state index contributed by atoms with van der Waals surface area (Å²) in [6.07, 6.45) is 6.81. The van der Waals surface area contributed by atoms with E-state index in [2.05, 4.69) is 15.3 Å². The topological polar surface area (TPSA) is 64.1 Å². The number of hydrogen-bond donors (Lipinski definition) is 1. The van der Waals surface area contributed by atoms with Crippen molar-refractivity contribution in [2.45, 2.75) is 31.1 Å². The number of anilines is 1. The number of aromatic nitrogens is 2. The Kier molecular flexibility index (Phi) is 5.26. The van der Waals surface area contributed by atoms with Gasteiger partial charge < -0.3 is 10.1 Å². The first-order valence-electron chi connectivity index (χ1n) is 9.28. The fourth-order valence-corrected chi connectivity index (χ4v) is 3.80. The van der Waals surface area contributed by atoms with Crippen LogP contribution in [0.15, 0.2) is 67.0 Å². The van der Waals surface area contributed by atoms with E-state index < -0.39 is 5.41 Å². The molecule has 1 saturated carbocycles. The number of para-hydroxylation sites is 1. The molecule has 1 heterocycles. The average Bonchev–Trinajstić information content (AvgIpc) is 3.22. The molecular formula is C22H20ClN3O2. The molecule has 0 spiro atoms. The maximum Gasteiger partial charge on any atom is 0.322 e. The predicted molar refractivity (Wildman–Crippen MR) is 109 cm³/mol. The van der Waals surface area contributed by atoms with Crippen molar-refractivity contribution in [3.63, 3.8) is 0 Å². The highest BCUT2D eigenvalue weighted by Gasteiger charge is 2.42. The lowest BCUT2D eigenvalue weighted by Gasteiger charge is -2.28. The van der Waals surface area contributed by atoms with Crippen LogP contribution in [0.5, 0.6) is 11.8 Å². The number of amides is 1. The van der Waals surface area contributed by atoms with Crippen molar-refractivity contribution in [1.29, 1.82) is 0 Å². The van der Waals surface area contributed by atoms with Crippen LogP contribution < -0.4 is 10.1 Å². The van der Waals surface area contributed by atoms with Gasteiger partial charge in [0, 0.05) is 5.02 Å². The van der Waals surface area contributed by atoms with Gasteiger partial charge in [-0.3, -0.25) is 4.79 Å². The van der Waals surface area contributed by atoms with Crippen LogP contribution in [-0.4, -0.2) is 15.9 Å². The largest absolute Gasteiger partial charge is 0.424 e. The van der Waals surface area contributed by atoms with E-state index in [1.54, 1.807) is 12.4 Å². The van der Waals surface area contributed by atoms with E-state index in [1.165, 1.54) is 0 Å². The maximum absolute atomic E-state index is 13.2. The van der Waals surface area contributed by atoms with Gasteiger partial charge in [-0.15, -0.1) is 0 Å². The van der Waals surface area contributed by atoms with Gasteiger partial charge in [0.2, 0.25) is 5.91 Å². The van der Waals surface area contributed by atoms with Gasteiger partial charge in [0.15, 0.2) is 0 Å². The van der Waals surface area contributed by atoms with Crippen LogP contribution in [-0.2, 0) is 10.2 Å². The number of hydrogen-bond acceptors (Lipinski definition) is 4. The van der Waals surface area contributed by atoms with E-state index in [-0.39, 0.29) is 11.9 Å². The average molecular weight is 394 g/mol.